The lowest BCUT2D eigenvalue weighted by molar-refractivity contribution is -0.137. The molecule has 0 aliphatic heterocycles. The molecule has 0 bridgehead atoms. The molecule has 21 heavy (non-hydrogen) atoms. The van der Waals surface area contributed by atoms with Crippen LogP contribution >= 0.6 is 0 Å². The molecule has 0 atom stereocenters. The summed E-state index contributed by atoms with van der Waals surface area (Å²) in [6.07, 6.45) is -2.41. The number of nitrogens with zero attached hydrogens (tertiary/aromatic N) is 2. The standard InChI is InChI=1S/C15H12F3N3/c16-15(17,18)11-4-1-3-10(7-11)8-14-20-9-12-5-2-6-13(19)21(12)14/h1-7,9H,8,19H2. The van der Waals surface area contributed by atoms with Gasteiger partial charge in [0.05, 0.1) is 17.3 Å². The minimum absolute atomic E-state index is 0.284. The quantitative estimate of drug-likeness (QED) is 0.785. The lowest BCUT2D eigenvalue weighted by Crippen LogP contribution is -2.06. The van der Waals surface area contributed by atoms with E-state index in [1.807, 2.05) is 6.07 Å². The summed E-state index contributed by atoms with van der Waals surface area (Å²) in [7, 11) is 0. The molecule has 3 nitrogen and oxygen atoms in total. The molecular weight excluding hydrogens is 279 g/mol. The van der Waals surface area contributed by atoms with E-state index in [0.29, 0.717) is 17.2 Å². The maximum Gasteiger partial charge on any atom is 0.416 e. The number of nitrogen functional groups attached to an aromatic ring is 1. The summed E-state index contributed by atoms with van der Waals surface area (Å²) < 4.78 is 39.9. The van der Waals surface area contributed by atoms with Crippen LogP contribution in [0.15, 0.2) is 48.7 Å². The van der Waals surface area contributed by atoms with Crippen LogP contribution in [0.4, 0.5) is 19.0 Å². The third kappa shape index (κ3) is 2.56. The normalized spacial score (nSPS) is 12.0. The molecule has 1 aromatic carbocycles. The van der Waals surface area contributed by atoms with Crippen molar-refractivity contribution >= 4 is 11.3 Å². The van der Waals surface area contributed by atoms with Crippen LogP contribution in [0.3, 0.4) is 0 Å². The molecule has 0 aliphatic carbocycles. The van der Waals surface area contributed by atoms with E-state index in [1.165, 1.54) is 6.07 Å². The van der Waals surface area contributed by atoms with Gasteiger partial charge in [0.25, 0.3) is 0 Å². The SMILES string of the molecule is Nc1cccc2cnc(Cc3cccc(C(F)(F)F)c3)n12. The van der Waals surface area contributed by atoms with Gasteiger partial charge in [-0.25, -0.2) is 4.98 Å². The second-order valence-corrected chi connectivity index (χ2v) is 4.76. The maximum atomic E-state index is 12.7. The Labute approximate surface area is 118 Å². The molecule has 0 spiro atoms. The number of nitrogens with two attached hydrogens (primary N) is 1. The zero-order valence-corrected chi connectivity index (χ0v) is 10.9. The zero-order valence-electron chi connectivity index (χ0n) is 10.9. The molecule has 0 unspecified atom stereocenters. The molecule has 0 fully saturated rings. The molecule has 0 radical (unpaired) electrons. The Morgan fingerprint density at radius 3 is 2.62 bits per heavy atom. The number of benzene rings is 1. The van der Waals surface area contributed by atoms with Crippen LogP contribution in [-0.2, 0) is 12.6 Å². The van der Waals surface area contributed by atoms with Crippen LogP contribution in [0.1, 0.15) is 17.0 Å². The van der Waals surface area contributed by atoms with Crippen molar-refractivity contribution in [2.75, 3.05) is 5.73 Å². The number of anilines is 1. The Hall–Kier alpha value is -2.50. The number of rotatable bonds is 2. The fourth-order valence-electron chi connectivity index (χ4n) is 2.31. The molecule has 108 valence electrons. The number of aromatic nitrogens is 2. The largest absolute Gasteiger partial charge is 0.416 e. The predicted octanol–water partition coefficient (Wildman–Crippen LogP) is 3.53. The van der Waals surface area contributed by atoms with Crippen LogP contribution in [-0.4, -0.2) is 9.38 Å². The van der Waals surface area contributed by atoms with Crippen molar-refractivity contribution < 1.29 is 13.2 Å². The lowest BCUT2D eigenvalue weighted by Gasteiger charge is -2.09. The van der Waals surface area contributed by atoms with Gasteiger partial charge in [-0.1, -0.05) is 24.3 Å². The first-order valence-corrected chi connectivity index (χ1v) is 6.32. The summed E-state index contributed by atoms with van der Waals surface area (Å²) >= 11 is 0. The van der Waals surface area contributed by atoms with Gasteiger partial charge in [-0.3, -0.25) is 4.40 Å². The van der Waals surface area contributed by atoms with Gasteiger partial charge in [-0.2, -0.15) is 13.2 Å². The molecule has 0 aliphatic rings. The second kappa shape index (κ2) is 4.80. The molecule has 3 rings (SSSR count). The van der Waals surface area contributed by atoms with Crippen molar-refractivity contribution in [2.24, 2.45) is 0 Å². The van der Waals surface area contributed by atoms with Crippen LogP contribution in [0, 0.1) is 0 Å². The number of hydrogen-bond acceptors (Lipinski definition) is 2. The first kappa shape index (κ1) is 13.5. The van der Waals surface area contributed by atoms with E-state index in [9.17, 15) is 13.2 Å². The highest BCUT2D eigenvalue weighted by Crippen LogP contribution is 2.30. The summed E-state index contributed by atoms with van der Waals surface area (Å²) in [6.45, 7) is 0. The minimum atomic E-state index is -4.34. The van der Waals surface area contributed by atoms with Crippen molar-refractivity contribution in [3.8, 4) is 0 Å². The summed E-state index contributed by atoms with van der Waals surface area (Å²) in [4.78, 5) is 4.24. The van der Waals surface area contributed by atoms with Crippen molar-refractivity contribution in [3.05, 3.63) is 65.6 Å². The highest BCUT2D eigenvalue weighted by Gasteiger charge is 2.30. The van der Waals surface area contributed by atoms with Gasteiger partial charge in [0.15, 0.2) is 0 Å². The Morgan fingerprint density at radius 1 is 1.10 bits per heavy atom. The van der Waals surface area contributed by atoms with Gasteiger partial charge in [-0.05, 0) is 23.8 Å². The van der Waals surface area contributed by atoms with Gasteiger partial charge < -0.3 is 5.73 Å². The smallest absolute Gasteiger partial charge is 0.385 e. The van der Waals surface area contributed by atoms with Crippen LogP contribution in [0.25, 0.3) is 5.52 Å². The van der Waals surface area contributed by atoms with Gasteiger partial charge in [0.2, 0.25) is 0 Å². The number of pyridine rings is 1. The van der Waals surface area contributed by atoms with Crippen molar-refractivity contribution in [1.29, 1.82) is 0 Å². The third-order valence-electron chi connectivity index (χ3n) is 3.27. The van der Waals surface area contributed by atoms with Gasteiger partial charge in [0.1, 0.15) is 11.6 Å². The Morgan fingerprint density at radius 2 is 1.86 bits per heavy atom. The Kier molecular flexibility index (Phi) is 3.08. The molecule has 3 aromatic rings. The molecule has 0 saturated carbocycles. The Balaban J connectivity index is 2.00. The molecule has 2 heterocycles. The van der Waals surface area contributed by atoms with Gasteiger partial charge >= 0.3 is 6.18 Å². The fourth-order valence-corrected chi connectivity index (χ4v) is 2.31. The van der Waals surface area contributed by atoms with Crippen LogP contribution in [0.2, 0.25) is 0 Å². The van der Waals surface area contributed by atoms with E-state index in [-0.39, 0.29) is 6.42 Å². The number of alkyl halides is 3. The van der Waals surface area contributed by atoms with E-state index in [2.05, 4.69) is 4.98 Å². The van der Waals surface area contributed by atoms with E-state index in [1.54, 1.807) is 28.8 Å². The summed E-state index contributed by atoms with van der Waals surface area (Å²) in [5.74, 6) is 1.12. The molecule has 6 heteroatoms. The monoisotopic (exact) mass is 291 g/mol. The summed E-state index contributed by atoms with van der Waals surface area (Å²) in [5, 5.41) is 0. The van der Waals surface area contributed by atoms with Crippen molar-refractivity contribution in [3.63, 3.8) is 0 Å². The van der Waals surface area contributed by atoms with Crippen LogP contribution in [0.5, 0.6) is 0 Å². The van der Waals surface area contributed by atoms with E-state index in [0.717, 1.165) is 17.6 Å². The lowest BCUT2D eigenvalue weighted by atomic mass is 10.1. The molecule has 0 amide bonds. The van der Waals surface area contributed by atoms with Crippen molar-refractivity contribution in [1.82, 2.24) is 9.38 Å². The summed E-state index contributed by atoms with van der Waals surface area (Å²) in [5.41, 5.74) is 6.60. The maximum absolute atomic E-state index is 12.7. The number of hydrogen-bond donors (Lipinski definition) is 1. The van der Waals surface area contributed by atoms with E-state index in [4.69, 9.17) is 5.73 Å². The first-order valence-electron chi connectivity index (χ1n) is 6.32. The zero-order chi connectivity index (χ0) is 15.0. The topological polar surface area (TPSA) is 43.3 Å². The Bertz CT molecular complexity index is 790. The summed E-state index contributed by atoms with van der Waals surface area (Å²) in [6, 6.07) is 10.6. The van der Waals surface area contributed by atoms with E-state index >= 15 is 0 Å². The van der Waals surface area contributed by atoms with Crippen LogP contribution < -0.4 is 5.73 Å². The van der Waals surface area contributed by atoms with Gasteiger partial charge in [0, 0.05) is 6.42 Å². The average molecular weight is 291 g/mol. The van der Waals surface area contributed by atoms with Gasteiger partial charge in [-0.15, -0.1) is 0 Å². The molecule has 2 aromatic heterocycles. The number of imidazole rings is 1. The fraction of sp³-hybridized carbons (Fsp3) is 0.133. The third-order valence-corrected chi connectivity index (χ3v) is 3.27. The highest BCUT2D eigenvalue weighted by molar-refractivity contribution is 5.53. The number of fused-ring (bicyclic) bond motifs is 1. The molecule has 2 N–H and O–H groups in total. The molecular formula is C15H12F3N3. The molecule has 0 saturated heterocycles. The highest BCUT2D eigenvalue weighted by atomic mass is 19.4. The average Bonchev–Trinajstić information content (AvgIpc) is 2.83. The second-order valence-electron chi connectivity index (χ2n) is 4.76. The number of halogens is 3. The predicted molar refractivity (Wildman–Crippen MR) is 73.9 cm³/mol. The first-order chi connectivity index (χ1) is 9.95. The minimum Gasteiger partial charge on any atom is -0.385 e. The van der Waals surface area contributed by atoms with Crippen molar-refractivity contribution in [2.45, 2.75) is 12.6 Å². The van der Waals surface area contributed by atoms with E-state index < -0.39 is 11.7 Å².